The first-order chi connectivity index (χ1) is 9.76. The summed E-state index contributed by atoms with van der Waals surface area (Å²) in [5.41, 5.74) is 0. The summed E-state index contributed by atoms with van der Waals surface area (Å²) in [6, 6.07) is 1.77. The predicted molar refractivity (Wildman–Crippen MR) is 78.6 cm³/mol. The summed E-state index contributed by atoms with van der Waals surface area (Å²) in [6.45, 7) is 3.86. The zero-order valence-electron chi connectivity index (χ0n) is 12.6. The minimum absolute atomic E-state index is 0.335. The van der Waals surface area contributed by atoms with Crippen molar-refractivity contribution in [1.29, 1.82) is 0 Å². The van der Waals surface area contributed by atoms with Crippen molar-refractivity contribution in [2.45, 2.75) is 82.5 Å². The molecule has 3 heterocycles. The summed E-state index contributed by atoms with van der Waals surface area (Å²) in [7, 11) is 0. The number of rotatable bonds is 5. The number of carbonyl (C=O) groups is 1. The van der Waals surface area contributed by atoms with E-state index in [0.717, 1.165) is 45.3 Å². The molecule has 0 aliphatic carbocycles. The van der Waals surface area contributed by atoms with E-state index in [1.54, 1.807) is 0 Å². The first-order valence-electron chi connectivity index (χ1n) is 8.43. The lowest BCUT2D eigenvalue weighted by Crippen LogP contribution is -2.50. The highest BCUT2D eigenvalue weighted by atomic mass is 16.5. The van der Waals surface area contributed by atoms with Gasteiger partial charge in [0.25, 0.3) is 0 Å². The second-order valence-corrected chi connectivity index (χ2v) is 6.62. The van der Waals surface area contributed by atoms with Gasteiger partial charge in [-0.3, -0.25) is 4.79 Å². The van der Waals surface area contributed by atoms with Crippen molar-refractivity contribution >= 4 is 5.91 Å². The van der Waals surface area contributed by atoms with Crippen LogP contribution in [0.2, 0.25) is 0 Å². The van der Waals surface area contributed by atoms with Crippen molar-refractivity contribution in [2.24, 2.45) is 0 Å². The molecule has 3 unspecified atom stereocenters. The third-order valence-electron chi connectivity index (χ3n) is 5.25. The van der Waals surface area contributed by atoms with Crippen molar-refractivity contribution < 1.29 is 9.53 Å². The van der Waals surface area contributed by atoms with E-state index >= 15 is 0 Å². The fourth-order valence-electron chi connectivity index (χ4n) is 4.22. The van der Waals surface area contributed by atoms with Crippen molar-refractivity contribution in [2.75, 3.05) is 13.2 Å². The lowest BCUT2D eigenvalue weighted by atomic mass is 9.97. The van der Waals surface area contributed by atoms with Crippen molar-refractivity contribution in [3.63, 3.8) is 0 Å². The molecule has 3 saturated heterocycles. The van der Waals surface area contributed by atoms with E-state index in [4.69, 9.17) is 4.74 Å². The fourth-order valence-corrected chi connectivity index (χ4v) is 4.22. The van der Waals surface area contributed by atoms with E-state index in [9.17, 15) is 4.79 Å². The van der Waals surface area contributed by atoms with Crippen LogP contribution in [-0.2, 0) is 9.53 Å². The van der Waals surface area contributed by atoms with Crippen LogP contribution < -0.4 is 5.32 Å². The molecule has 4 heteroatoms. The molecule has 3 fully saturated rings. The van der Waals surface area contributed by atoms with Gasteiger partial charge in [0.2, 0.25) is 5.91 Å². The smallest absolute Gasteiger partial charge is 0.222 e. The Balaban J connectivity index is 1.51. The Labute approximate surface area is 122 Å². The average Bonchev–Trinajstić information content (AvgIpc) is 3.07. The van der Waals surface area contributed by atoms with Gasteiger partial charge < -0.3 is 15.0 Å². The molecular formula is C16H28N2O2. The maximum absolute atomic E-state index is 12.5. The van der Waals surface area contributed by atoms with Gasteiger partial charge in [-0.2, -0.15) is 0 Å². The van der Waals surface area contributed by atoms with Crippen LogP contribution in [-0.4, -0.2) is 48.2 Å². The second kappa shape index (κ2) is 6.44. The number of fused-ring (bicyclic) bond motifs is 2. The largest absolute Gasteiger partial charge is 0.378 e. The summed E-state index contributed by atoms with van der Waals surface area (Å²) >= 11 is 0. The predicted octanol–water partition coefficient (Wildman–Crippen LogP) is 2.08. The molecule has 0 aromatic carbocycles. The molecule has 114 valence electrons. The third kappa shape index (κ3) is 3.17. The number of nitrogens with zero attached hydrogens (tertiary/aromatic N) is 1. The molecule has 1 N–H and O–H groups in total. The van der Waals surface area contributed by atoms with Crippen LogP contribution in [0.1, 0.15) is 58.3 Å². The monoisotopic (exact) mass is 280 g/mol. The Hall–Kier alpha value is -0.610. The fraction of sp³-hybridized carbons (Fsp3) is 0.938. The van der Waals surface area contributed by atoms with E-state index in [1.807, 2.05) is 0 Å². The van der Waals surface area contributed by atoms with Gasteiger partial charge in [0.15, 0.2) is 0 Å². The van der Waals surface area contributed by atoms with Gasteiger partial charge in [0, 0.05) is 37.7 Å². The third-order valence-corrected chi connectivity index (χ3v) is 5.25. The Bertz CT molecular complexity index is 329. The lowest BCUT2D eigenvalue weighted by molar-refractivity contribution is -0.134. The number of amides is 1. The van der Waals surface area contributed by atoms with Crippen LogP contribution in [0.25, 0.3) is 0 Å². The second-order valence-electron chi connectivity index (χ2n) is 6.62. The molecule has 0 aromatic rings. The SMILES string of the molecule is CCN(C(=O)CCC1CCCO1)C1CC2CCC(C1)N2. The Morgan fingerprint density at radius 2 is 2.00 bits per heavy atom. The van der Waals surface area contributed by atoms with Gasteiger partial charge in [-0.05, 0) is 51.9 Å². The molecule has 0 aromatic heterocycles. The maximum Gasteiger partial charge on any atom is 0.222 e. The molecule has 1 amide bonds. The maximum atomic E-state index is 12.5. The minimum Gasteiger partial charge on any atom is -0.378 e. The molecule has 3 aliphatic heterocycles. The van der Waals surface area contributed by atoms with E-state index in [0.29, 0.717) is 36.6 Å². The molecule has 20 heavy (non-hydrogen) atoms. The van der Waals surface area contributed by atoms with Crippen molar-refractivity contribution in [3.8, 4) is 0 Å². The molecule has 0 saturated carbocycles. The van der Waals surface area contributed by atoms with E-state index in [2.05, 4.69) is 17.1 Å². The first-order valence-corrected chi connectivity index (χ1v) is 8.43. The number of ether oxygens (including phenoxy) is 1. The summed E-state index contributed by atoms with van der Waals surface area (Å²) in [6.07, 6.45) is 9.09. The summed E-state index contributed by atoms with van der Waals surface area (Å²) in [5, 5.41) is 3.66. The van der Waals surface area contributed by atoms with Crippen LogP contribution in [0.4, 0.5) is 0 Å². The van der Waals surface area contributed by atoms with Gasteiger partial charge in [0.1, 0.15) is 0 Å². The van der Waals surface area contributed by atoms with Gasteiger partial charge in [-0.15, -0.1) is 0 Å². The topological polar surface area (TPSA) is 41.6 Å². The van der Waals surface area contributed by atoms with E-state index < -0.39 is 0 Å². The molecule has 4 nitrogen and oxygen atoms in total. The quantitative estimate of drug-likeness (QED) is 0.838. The molecule has 3 atom stereocenters. The van der Waals surface area contributed by atoms with Crippen LogP contribution in [0.15, 0.2) is 0 Å². The minimum atomic E-state index is 0.335. The zero-order valence-corrected chi connectivity index (χ0v) is 12.6. The molecular weight excluding hydrogens is 252 g/mol. The molecule has 3 rings (SSSR count). The summed E-state index contributed by atoms with van der Waals surface area (Å²) in [4.78, 5) is 14.7. The van der Waals surface area contributed by atoms with Crippen LogP contribution >= 0.6 is 0 Å². The standard InChI is InChI=1S/C16H28N2O2/c1-2-18(14-10-12-5-6-13(11-14)17-12)16(19)8-7-15-4-3-9-20-15/h12-15,17H,2-11H2,1H3. The average molecular weight is 280 g/mol. The zero-order chi connectivity index (χ0) is 13.9. The molecule has 2 bridgehead atoms. The molecule has 3 aliphatic rings. The first kappa shape index (κ1) is 14.3. The highest BCUT2D eigenvalue weighted by Gasteiger charge is 2.37. The normalized spacial score (nSPS) is 36.2. The Kier molecular flexibility index (Phi) is 4.61. The van der Waals surface area contributed by atoms with Gasteiger partial charge >= 0.3 is 0 Å². The molecule has 0 radical (unpaired) electrons. The van der Waals surface area contributed by atoms with Crippen LogP contribution in [0.3, 0.4) is 0 Å². The number of hydrogen-bond acceptors (Lipinski definition) is 3. The van der Waals surface area contributed by atoms with Crippen LogP contribution in [0.5, 0.6) is 0 Å². The van der Waals surface area contributed by atoms with Crippen molar-refractivity contribution in [1.82, 2.24) is 10.2 Å². The van der Waals surface area contributed by atoms with Gasteiger partial charge in [-0.1, -0.05) is 0 Å². The Morgan fingerprint density at radius 1 is 1.25 bits per heavy atom. The highest BCUT2D eigenvalue weighted by molar-refractivity contribution is 5.76. The number of hydrogen-bond donors (Lipinski definition) is 1. The van der Waals surface area contributed by atoms with Crippen molar-refractivity contribution in [3.05, 3.63) is 0 Å². The summed E-state index contributed by atoms with van der Waals surface area (Å²) in [5.74, 6) is 0.342. The van der Waals surface area contributed by atoms with E-state index in [1.165, 1.54) is 12.8 Å². The van der Waals surface area contributed by atoms with Gasteiger partial charge in [0.05, 0.1) is 6.10 Å². The number of piperidine rings is 1. The van der Waals surface area contributed by atoms with Gasteiger partial charge in [-0.25, -0.2) is 0 Å². The summed E-state index contributed by atoms with van der Waals surface area (Å²) < 4.78 is 5.63. The van der Waals surface area contributed by atoms with Crippen LogP contribution in [0, 0.1) is 0 Å². The number of carbonyl (C=O) groups excluding carboxylic acids is 1. The molecule has 0 spiro atoms. The van der Waals surface area contributed by atoms with E-state index in [-0.39, 0.29) is 0 Å². The highest BCUT2D eigenvalue weighted by Crippen LogP contribution is 2.30. The number of nitrogens with one attached hydrogen (secondary N) is 1. The lowest BCUT2D eigenvalue weighted by Gasteiger charge is -2.37. The Morgan fingerprint density at radius 3 is 2.60 bits per heavy atom.